The van der Waals surface area contributed by atoms with E-state index in [1.165, 1.54) is 10.8 Å². The van der Waals surface area contributed by atoms with Gasteiger partial charge in [0.1, 0.15) is 5.58 Å². The van der Waals surface area contributed by atoms with Crippen LogP contribution in [0.1, 0.15) is 5.56 Å². The van der Waals surface area contributed by atoms with Gasteiger partial charge in [0.25, 0.3) is 0 Å². The molecule has 11 rings (SSSR count). The van der Waals surface area contributed by atoms with E-state index >= 15 is 0 Å². The van der Waals surface area contributed by atoms with E-state index in [0.29, 0.717) is 5.56 Å². The van der Waals surface area contributed by atoms with Gasteiger partial charge < -0.3 is 19.0 Å². The molecular weight excluding hydrogens is 853 g/mol. The molecule has 7 aromatic carbocycles. The Labute approximate surface area is 330 Å². The van der Waals surface area contributed by atoms with E-state index in [9.17, 15) is 5.26 Å². The second-order valence-corrected chi connectivity index (χ2v) is 13.1. The van der Waals surface area contributed by atoms with E-state index in [4.69, 9.17) is 9.40 Å². The van der Waals surface area contributed by atoms with Crippen molar-refractivity contribution in [1.82, 2.24) is 14.5 Å². The molecule has 0 fully saturated rings. The number of rotatable bonds is 3. The van der Waals surface area contributed by atoms with Gasteiger partial charge in [-0.25, -0.2) is 0 Å². The maximum atomic E-state index is 9.63. The van der Waals surface area contributed by atoms with Gasteiger partial charge in [0.2, 0.25) is 0 Å². The van der Waals surface area contributed by atoms with Gasteiger partial charge in [-0.2, -0.15) is 5.26 Å². The fraction of sp³-hybridized carbons (Fsp3) is 0. The second-order valence-electron chi connectivity index (χ2n) is 13.1. The third-order valence-electron chi connectivity index (χ3n) is 10.0. The molecule has 0 unspecified atom stereocenters. The van der Waals surface area contributed by atoms with E-state index in [0.717, 1.165) is 82.7 Å². The van der Waals surface area contributed by atoms with Crippen molar-refractivity contribution in [3.8, 4) is 34.3 Å². The van der Waals surface area contributed by atoms with Crippen LogP contribution in [0.2, 0.25) is 0 Å². The Morgan fingerprint density at radius 2 is 1.33 bits per heavy atom. The molecule has 0 amide bonds. The van der Waals surface area contributed by atoms with Crippen LogP contribution in [0.25, 0.3) is 93.5 Å². The molecule has 4 heterocycles. The monoisotopic (exact) mass is 881 g/mol. The summed E-state index contributed by atoms with van der Waals surface area (Å²) < 4.78 is 8.96. The largest absolute Gasteiger partial charge is 0.500 e. The Kier molecular flexibility index (Phi) is 8.72. The number of fused-ring (bicyclic) bond motifs is 10. The predicted molar refractivity (Wildman–Crippen MR) is 218 cm³/mol. The minimum absolute atomic E-state index is 0. The summed E-state index contributed by atoms with van der Waals surface area (Å²) in [4.78, 5) is 9.16. The van der Waals surface area contributed by atoms with Crippen LogP contribution in [-0.4, -0.2) is 14.5 Å². The number of aromatic nitrogens is 3. The molecule has 261 valence electrons. The van der Waals surface area contributed by atoms with Crippen LogP contribution in [0.4, 0.5) is 0 Å². The molecule has 0 saturated carbocycles. The first-order valence-electron chi connectivity index (χ1n) is 17.7. The Balaban J connectivity index is 0.000000261. The first kappa shape index (κ1) is 33.9. The summed E-state index contributed by atoms with van der Waals surface area (Å²) >= 11 is 0. The minimum Gasteiger partial charge on any atom is -0.500 e. The normalized spacial score (nSPS) is 11.1. The number of hydrogen-bond donors (Lipinski definition) is 0. The molecule has 0 N–H and O–H groups in total. The first-order valence-corrected chi connectivity index (χ1v) is 17.7. The molecule has 0 aliphatic heterocycles. The standard InChI is InChI=1S/C38H20N3O.C11H8N.Ir/c39-21-23-13-17-28-32-22-40-33(20-35(32)41(34(28)19-23)26-8-2-1-3-9-26)31-12-6-11-29-30-18-16-25-15-14-24-7-4-5-10-27(24)36(25)38(30)42-37(29)31;1-2-6-10(7-3-1)11-8-4-5-9-12-11;/h1-11,13-20,22H;1-6,8-9H;/q2*-1;. The molecule has 0 bridgehead atoms. The first-order chi connectivity index (χ1) is 26.7. The molecule has 55 heavy (non-hydrogen) atoms. The van der Waals surface area contributed by atoms with Crippen LogP contribution in [0.5, 0.6) is 0 Å². The van der Waals surface area contributed by atoms with Gasteiger partial charge in [-0.05, 0) is 57.9 Å². The molecule has 0 saturated heterocycles. The summed E-state index contributed by atoms with van der Waals surface area (Å²) in [7, 11) is 0. The Bertz CT molecular complexity index is 3180. The van der Waals surface area contributed by atoms with Crippen molar-refractivity contribution in [2.45, 2.75) is 0 Å². The average molecular weight is 881 g/mol. The summed E-state index contributed by atoms with van der Waals surface area (Å²) in [6, 6.07) is 61.8. The van der Waals surface area contributed by atoms with Crippen molar-refractivity contribution >= 4 is 65.3 Å². The number of benzene rings is 7. The third kappa shape index (κ3) is 5.84. The van der Waals surface area contributed by atoms with Crippen molar-refractivity contribution in [2.75, 3.05) is 0 Å². The number of pyridine rings is 2. The molecular formula is C49H28IrN4O-2. The van der Waals surface area contributed by atoms with E-state index < -0.39 is 0 Å². The van der Waals surface area contributed by atoms with Gasteiger partial charge in [0.15, 0.2) is 0 Å². The maximum absolute atomic E-state index is 9.63. The van der Waals surface area contributed by atoms with E-state index in [-0.39, 0.29) is 20.1 Å². The molecule has 0 aliphatic rings. The summed E-state index contributed by atoms with van der Waals surface area (Å²) in [5, 5.41) is 18.4. The van der Waals surface area contributed by atoms with Gasteiger partial charge in [-0.15, -0.1) is 54.1 Å². The summed E-state index contributed by atoms with van der Waals surface area (Å²) in [6.07, 6.45) is 3.72. The van der Waals surface area contributed by atoms with Gasteiger partial charge in [-0.1, -0.05) is 102 Å². The van der Waals surface area contributed by atoms with Gasteiger partial charge >= 0.3 is 0 Å². The number of hydrogen-bond acceptors (Lipinski definition) is 4. The maximum Gasteiger partial charge on any atom is 0.129 e. The zero-order chi connectivity index (χ0) is 36.0. The molecule has 5 nitrogen and oxygen atoms in total. The number of nitriles is 1. The number of furan rings is 1. The van der Waals surface area contributed by atoms with Crippen LogP contribution in [0.3, 0.4) is 0 Å². The Morgan fingerprint density at radius 1 is 0.564 bits per heavy atom. The van der Waals surface area contributed by atoms with Crippen LogP contribution in [-0.2, 0) is 20.1 Å². The third-order valence-corrected chi connectivity index (χ3v) is 10.0. The fourth-order valence-corrected chi connectivity index (χ4v) is 7.52. The van der Waals surface area contributed by atoms with E-state index in [1.807, 2.05) is 91.1 Å². The van der Waals surface area contributed by atoms with Crippen molar-refractivity contribution in [1.29, 1.82) is 5.26 Å². The SMILES string of the molecule is N#Cc1ccc2c3cnc(-c4[c-]ccc5c4oc4c5ccc5ccc6ccccc6c54)cc3n(-c3ccccc3)c2c1.[Ir].[c-]1ccccc1-c1ccccn1. The van der Waals surface area contributed by atoms with Gasteiger partial charge in [0.05, 0.1) is 22.7 Å². The number of para-hydroxylation sites is 1. The molecule has 4 aromatic heterocycles. The summed E-state index contributed by atoms with van der Waals surface area (Å²) in [6.45, 7) is 0. The molecule has 11 aromatic rings. The topological polar surface area (TPSA) is 67.6 Å². The van der Waals surface area contributed by atoms with Crippen molar-refractivity contribution in [3.63, 3.8) is 0 Å². The van der Waals surface area contributed by atoms with Crippen LogP contribution in [0, 0.1) is 23.5 Å². The van der Waals surface area contributed by atoms with Crippen molar-refractivity contribution in [3.05, 3.63) is 188 Å². The van der Waals surface area contributed by atoms with Crippen molar-refractivity contribution in [2.24, 2.45) is 0 Å². The minimum atomic E-state index is 0. The van der Waals surface area contributed by atoms with Gasteiger partial charge in [0, 0.05) is 65.2 Å². The Hall–Kier alpha value is -6.90. The van der Waals surface area contributed by atoms with Crippen LogP contribution in [0.15, 0.2) is 175 Å². The smallest absolute Gasteiger partial charge is 0.129 e. The number of nitrogens with zero attached hydrogens (tertiary/aromatic N) is 4. The zero-order valence-corrected chi connectivity index (χ0v) is 31.6. The molecule has 0 spiro atoms. The predicted octanol–water partition coefficient (Wildman–Crippen LogP) is 12.3. The summed E-state index contributed by atoms with van der Waals surface area (Å²) in [5.74, 6) is 0. The molecule has 1 radical (unpaired) electrons. The molecule has 0 aliphatic carbocycles. The van der Waals surface area contributed by atoms with Crippen molar-refractivity contribution < 1.29 is 24.5 Å². The van der Waals surface area contributed by atoms with Crippen LogP contribution < -0.4 is 0 Å². The fourth-order valence-electron chi connectivity index (χ4n) is 7.52. The van der Waals surface area contributed by atoms with Gasteiger partial charge in [-0.3, -0.25) is 0 Å². The molecule has 0 atom stereocenters. The average Bonchev–Trinajstić information content (AvgIpc) is 3.80. The second kappa shape index (κ2) is 14.2. The molecule has 6 heteroatoms. The quantitative estimate of drug-likeness (QED) is 0.131. The van der Waals surface area contributed by atoms with E-state index in [1.54, 1.807) is 6.20 Å². The zero-order valence-electron chi connectivity index (χ0n) is 29.2. The summed E-state index contributed by atoms with van der Waals surface area (Å²) in [5.41, 5.74) is 8.88. The van der Waals surface area contributed by atoms with Crippen LogP contribution >= 0.6 is 0 Å². The Morgan fingerprint density at radius 3 is 2.16 bits per heavy atom. The van der Waals surface area contributed by atoms with E-state index in [2.05, 4.69) is 101 Å².